The maximum Gasteiger partial charge on any atom is 0.222 e. The molecule has 0 aliphatic heterocycles. The zero-order valence-corrected chi connectivity index (χ0v) is 16.3. The fourth-order valence-electron chi connectivity index (χ4n) is 2.35. The number of nitrogens with one attached hydrogen (secondary N) is 1. The van der Waals surface area contributed by atoms with Crippen molar-refractivity contribution in [2.75, 3.05) is 14.2 Å². The predicted molar refractivity (Wildman–Crippen MR) is 99.3 cm³/mol. The van der Waals surface area contributed by atoms with Gasteiger partial charge in [0.05, 0.1) is 47.1 Å². The zero-order chi connectivity index (χ0) is 18.1. The first-order chi connectivity index (χ1) is 11.2. The van der Waals surface area contributed by atoms with Gasteiger partial charge in [0.1, 0.15) is 5.75 Å². The monoisotopic (exact) mass is 370 g/mol. The Hall–Kier alpha value is -1.37. The molecule has 0 amide bonds. The van der Waals surface area contributed by atoms with Crippen LogP contribution in [0.3, 0.4) is 0 Å². The molecule has 0 saturated heterocycles. The van der Waals surface area contributed by atoms with Gasteiger partial charge in [0.25, 0.3) is 0 Å². The Morgan fingerprint density at radius 2 is 1.92 bits per heavy atom. The third-order valence-corrected chi connectivity index (χ3v) is 5.49. The molecule has 2 aromatic rings. The van der Waals surface area contributed by atoms with E-state index in [1.165, 1.54) is 0 Å². The minimum Gasteiger partial charge on any atom is -0.495 e. The summed E-state index contributed by atoms with van der Waals surface area (Å²) in [7, 11) is 1.90. The number of aromatic nitrogens is 1. The molecule has 1 N–H and O–H groups in total. The molecule has 2 atom stereocenters. The van der Waals surface area contributed by atoms with Crippen LogP contribution in [0.25, 0.3) is 10.9 Å². The molecular formula is C17H23ClN2O3S. The van der Waals surface area contributed by atoms with Crippen molar-refractivity contribution in [2.45, 2.75) is 38.5 Å². The second kappa shape index (κ2) is 7.25. The Kier molecular flexibility index (Phi) is 5.73. The summed E-state index contributed by atoms with van der Waals surface area (Å²) in [5, 5.41) is 1.38. The molecular weight excluding hydrogens is 348 g/mol. The van der Waals surface area contributed by atoms with E-state index >= 15 is 0 Å². The van der Waals surface area contributed by atoms with Crippen molar-refractivity contribution in [3.63, 3.8) is 0 Å². The van der Waals surface area contributed by atoms with E-state index in [0.717, 1.165) is 10.9 Å². The summed E-state index contributed by atoms with van der Waals surface area (Å²) in [5.41, 5.74) is 1.44. The number of hydrogen-bond acceptors (Lipinski definition) is 4. The molecule has 132 valence electrons. The smallest absolute Gasteiger partial charge is 0.222 e. The van der Waals surface area contributed by atoms with E-state index < -0.39 is 11.0 Å². The largest absolute Gasteiger partial charge is 0.495 e. The lowest BCUT2D eigenvalue weighted by Gasteiger charge is -2.24. The Labute approximate surface area is 150 Å². The lowest BCUT2D eigenvalue weighted by atomic mass is 10.1. The highest BCUT2D eigenvalue weighted by molar-refractivity contribution is 7.84. The highest BCUT2D eigenvalue weighted by Crippen LogP contribution is 2.39. The number of nitrogens with zero attached hydrogens (tertiary/aromatic N) is 1. The molecule has 0 bridgehead atoms. The number of rotatable bonds is 5. The highest BCUT2D eigenvalue weighted by Gasteiger charge is 2.27. The molecule has 0 saturated carbocycles. The fraction of sp³-hybridized carbons (Fsp3) is 0.471. The summed E-state index contributed by atoms with van der Waals surface area (Å²) in [5.74, 6) is 1.05. The van der Waals surface area contributed by atoms with Gasteiger partial charge in [-0.15, -0.1) is 0 Å². The van der Waals surface area contributed by atoms with Crippen LogP contribution in [0.2, 0.25) is 5.02 Å². The molecule has 2 rings (SSSR count). The van der Waals surface area contributed by atoms with Gasteiger partial charge in [-0.25, -0.2) is 13.9 Å². The first-order valence-corrected chi connectivity index (χ1v) is 9.11. The van der Waals surface area contributed by atoms with Crippen molar-refractivity contribution in [3.8, 4) is 11.6 Å². The molecule has 1 heterocycles. The number of methoxy groups -OCH3 is 2. The molecule has 24 heavy (non-hydrogen) atoms. The van der Waals surface area contributed by atoms with Gasteiger partial charge in [-0.05, 0) is 45.9 Å². The first-order valence-electron chi connectivity index (χ1n) is 7.58. The van der Waals surface area contributed by atoms with Crippen LogP contribution in [0.1, 0.15) is 39.3 Å². The number of benzene rings is 1. The van der Waals surface area contributed by atoms with Crippen molar-refractivity contribution in [3.05, 3.63) is 28.8 Å². The topological polar surface area (TPSA) is 60.5 Å². The average molecular weight is 371 g/mol. The summed E-state index contributed by atoms with van der Waals surface area (Å²) in [4.78, 5) is 4.53. The van der Waals surface area contributed by atoms with Crippen molar-refractivity contribution in [2.24, 2.45) is 0 Å². The normalized spacial score (nSPS) is 14.5. The molecule has 1 unspecified atom stereocenters. The van der Waals surface area contributed by atoms with Gasteiger partial charge in [-0.1, -0.05) is 11.6 Å². The maximum atomic E-state index is 12.4. The minimum absolute atomic E-state index is 0.286. The Bertz CT molecular complexity index is 775. The number of pyridine rings is 1. The Balaban J connectivity index is 2.60. The highest BCUT2D eigenvalue weighted by atomic mass is 35.5. The van der Waals surface area contributed by atoms with Crippen LogP contribution in [-0.2, 0) is 11.0 Å². The second-order valence-electron chi connectivity index (χ2n) is 6.45. The summed E-state index contributed by atoms with van der Waals surface area (Å²) in [6.07, 6.45) is 0. The van der Waals surface area contributed by atoms with Gasteiger partial charge in [0.15, 0.2) is 0 Å². The maximum absolute atomic E-state index is 12.4. The molecule has 1 aromatic heterocycles. The van der Waals surface area contributed by atoms with Crippen LogP contribution < -0.4 is 14.2 Å². The van der Waals surface area contributed by atoms with Crippen LogP contribution in [0.5, 0.6) is 11.6 Å². The fourth-order valence-corrected chi connectivity index (χ4v) is 3.32. The van der Waals surface area contributed by atoms with Crippen molar-refractivity contribution < 1.29 is 13.7 Å². The summed E-state index contributed by atoms with van der Waals surface area (Å²) in [6.45, 7) is 7.64. The summed E-state index contributed by atoms with van der Waals surface area (Å²) in [6, 6.07) is 5.11. The van der Waals surface area contributed by atoms with E-state index in [0.29, 0.717) is 22.2 Å². The van der Waals surface area contributed by atoms with Gasteiger partial charge in [0.2, 0.25) is 5.88 Å². The van der Waals surface area contributed by atoms with Gasteiger partial charge in [0, 0.05) is 10.4 Å². The molecule has 0 aliphatic rings. The standard InChI is InChI=1S/C17H23ClN2O3S/c1-10(20-24(21)17(2,3)4)14-15(22-5)12-9-11(18)7-8-13(12)19-16(14)23-6/h7-10,20H,1-6H3/t10-,24?/m0/s1. The van der Waals surface area contributed by atoms with E-state index in [1.54, 1.807) is 26.4 Å². The van der Waals surface area contributed by atoms with Crippen LogP contribution in [-0.4, -0.2) is 28.2 Å². The van der Waals surface area contributed by atoms with E-state index in [-0.39, 0.29) is 10.8 Å². The van der Waals surface area contributed by atoms with E-state index in [9.17, 15) is 4.21 Å². The molecule has 7 heteroatoms. The molecule has 0 fully saturated rings. The van der Waals surface area contributed by atoms with Crippen LogP contribution in [0.4, 0.5) is 0 Å². The van der Waals surface area contributed by atoms with Gasteiger partial charge >= 0.3 is 0 Å². The quantitative estimate of drug-likeness (QED) is 0.863. The van der Waals surface area contributed by atoms with Crippen molar-refractivity contribution in [1.29, 1.82) is 0 Å². The number of ether oxygens (including phenoxy) is 2. The average Bonchev–Trinajstić information content (AvgIpc) is 2.51. The minimum atomic E-state index is -1.24. The lowest BCUT2D eigenvalue weighted by Crippen LogP contribution is -2.35. The lowest BCUT2D eigenvalue weighted by molar-refractivity contribution is 0.371. The van der Waals surface area contributed by atoms with E-state index in [2.05, 4.69) is 9.71 Å². The molecule has 0 spiro atoms. The molecule has 0 aliphatic carbocycles. The summed E-state index contributed by atoms with van der Waals surface area (Å²) >= 11 is 6.12. The number of fused-ring (bicyclic) bond motifs is 1. The van der Waals surface area contributed by atoms with Crippen LogP contribution in [0.15, 0.2) is 18.2 Å². The van der Waals surface area contributed by atoms with Gasteiger partial charge in [-0.3, -0.25) is 0 Å². The SMILES string of the molecule is COc1nc2ccc(Cl)cc2c(OC)c1[C@H](C)NS(=O)C(C)(C)C. The van der Waals surface area contributed by atoms with E-state index in [4.69, 9.17) is 21.1 Å². The second-order valence-corrected chi connectivity index (χ2v) is 8.88. The number of hydrogen-bond donors (Lipinski definition) is 1. The number of halogens is 1. The molecule has 5 nitrogen and oxygen atoms in total. The Morgan fingerprint density at radius 1 is 1.25 bits per heavy atom. The first kappa shape index (κ1) is 19.0. The molecule has 1 aromatic carbocycles. The third kappa shape index (κ3) is 3.82. The van der Waals surface area contributed by atoms with Crippen molar-refractivity contribution in [1.82, 2.24) is 9.71 Å². The van der Waals surface area contributed by atoms with Gasteiger partial charge in [-0.2, -0.15) is 0 Å². The molecule has 0 radical (unpaired) electrons. The van der Waals surface area contributed by atoms with Crippen molar-refractivity contribution >= 4 is 33.5 Å². The zero-order valence-electron chi connectivity index (χ0n) is 14.8. The Morgan fingerprint density at radius 3 is 2.46 bits per heavy atom. The van der Waals surface area contributed by atoms with E-state index in [1.807, 2.05) is 33.8 Å². The predicted octanol–water partition coefficient (Wildman–Crippen LogP) is 4.02. The summed E-state index contributed by atoms with van der Waals surface area (Å²) < 4.78 is 26.2. The third-order valence-electron chi connectivity index (χ3n) is 3.57. The van der Waals surface area contributed by atoms with Crippen LogP contribution >= 0.6 is 11.6 Å². The van der Waals surface area contributed by atoms with Crippen LogP contribution in [0, 0.1) is 0 Å². The van der Waals surface area contributed by atoms with Gasteiger partial charge < -0.3 is 9.47 Å².